The highest BCUT2D eigenvalue weighted by Crippen LogP contribution is 2.36. The largest absolute Gasteiger partial charge is 0.351 e. The second-order valence-electron chi connectivity index (χ2n) is 4.85. The van der Waals surface area contributed by atoms with E-state index in [0.29, 0.717) is 5.92 Å². The molecule has 5 nitrogen and oxygen atoms in total. The van der Waals surface area contributed by atoms with Gasteiger partial charge in [-0.25, -0.2) is 9.78 Å². The molecule has 19 heavy (non-hydrogen) atoms. The van der Waals surface area contributed by atoms with Gasteiger partial charge in [0.15, 0.2) is 0 Å². The summed E-state index contributed by atoms with van der Waals surface area (Å²) in [7, 11) is 0. The van der Waals surface area contributed by atoms with Crippen LogP contribution in [0.4, 0.5) is 10.5 Å². The molecule has 0 fully saturated rings. The number of carbonyl (C=O) groups is 1. The van der Waals surface area contributed by atoms with Crippen molar-refractivity contribution in [3.8, 4) is 0 Å². The number of benzene rings is 1. The van der Waals surface area contributed by atoms with E-state index in [-0.39, 0.29) is 0 Å². The van der Waals surface area contributed by atoms with E-state index in [9.17, 15) is 4.79 Å². The van der Waals surface area contributed by atoms with E-state index in [0.717, 1.165) is 24.2 Å². The fourth-order valence-corrected chi connectivity index (χ4v) is 2.80. The van der Waals surface area contributed by atoms with Gasteiger partial charge >= 0.3 is 6.03 Å². The van der Waals surface area contributed by atoms with Crippen LogP contribution in [0, 0.1) is 0 Å². The number of aromatic nitrogens is 2. The maximum atomic E-state index is 10.9. The van der Waals surface area contributed by atoms with Gasteiger partial charge in [0, 0.05) is 23.5 Å². The zero-order valence-corrected chi connectivity index (χ0v) is 10.5. The molecule has 0 radical (unpaired) electrons. The third-order valence-electron chi connectivity index (χ3n) is 3.62. The van der Waals surface area contributed by atoms with Crippen molar-refractivity contribution in [2.24, 2.45) is 5.73 Å². The molecule has 98 valence electrons. The normalized spacial score (nSPS) is 17.8. The van der Waals surface area contributed by atoms with Crippen molar-refractivity contribution in [1.82, 2.24) is 9.97 Å². The number of fused-ring (bicyclic) bond motifs is 1. The summed E-state index contributed by atoms with van der Waals surface area (Å²) in [5, 5.41) is 2.63. The number of imidazole rings is 1. The number of carbonyl (C=O) groups excluding carboxylic acids is 1. The number of rotatable bonds is 2. The molecule has 0 spiro atoms. The second kappa shape index (κ2) is 4.76. The summed E-state index contributed by atoms with van der Waals surface area (Å²) in [5.41, 5.74) is 9.62. The van der Waals surface area contributed by atoms with E-state index >= 15 is 0 Å². The van der Waals surface area contributed by atoms with Crippen LogP contribution in [-0.2, 0) is 6.42 Å². The average Bonchev–Trinajstić information content (AvgIpc) is 2.91. The molecular weight excluding hydrogens is 240 g/mol. The Labute approximate surface area is 111 Å². The summed E-state index contributed by atoms with van der Waals surface area (Å²) in [4.78, 5) is 18.2. The van der Waals surface area contributed by atoms with Crippen LogP contribution in [-0.4, -0.2) is 16.0 Å². The zero-order chi connectivity index (χ0) is 13.2. The van der Waals surface area contributed by atoms with E-state index in [1.54, 1.807) is 6.33 Å². The molecule has 0 bridgehead atoms. The van der Waals surface area contributed by atoms with Crippen LogP contribution in [0.1, 0.15) is 35.6 Å². The molecule has 1 aliphatic carbocycles. The maximum absolute atomic E-state index is 10.9. The van der Waals surface area contributed by atoms with Crippen molar-refractivity contribution in [1.29, 1.82) is 0 Å². The van der Waals surface area contributed by atoms with Crippen molar-refractivity contribution in [3.05, 3.63) is 47.5 Å². The monoisotopic (exact) mass is 256 g/mol. The number of primary amides is 1. The summed E-state index contributed by atoms with van der Waals surface area (Å²) < 4.78 is 0. The van der Waals surface area contributed by atoms with Gasteiger partial charge in [-0.05, 0) is 42.5 Å². The molecule has 1 aromatic carbocycles. The quantitative estimate of drug-likeness (QED) is 0.770. The molecular formula is C14H16N4O. The number of aryl methyl sites for hydroxylation is 1. The molecule has 1 heterocycles. The lowest BCUT2D eigenvalue weighted by molar-refractivity contribution is 0.259. The Morgan fingerprint density at radius 2 is 2.37 bits per heavy atom. The predicted molar refractivity (Wildman–Crippen MR) is 73.0 cm³/mol. The van der Waals surface area contributed by atoms with Crippen LogP contribution in [0.2, 0.25) is 0 Å². The van der Waals surface area contributed by atoms with Gasteiger partial charge in [0.05, 0.1) is 6.33 Å². The highest BCUT2D eigenvalue weighted by atomic mass is 16.2. The Morgan fingerprint density at radius 3 is 3.11 bits per heavy atom. The molecule has 1 unspecified atom stereocenters. The summed E-state index contributed by atoms with van der Waals surface area (Å²) in [6.45, 7) is 0. The number of hydrogen-bond acceptors (Lipinski definition) is 2. The van der Waals surface area contributed by atoms with Gasteiger partial charge in [-0.3, -0.25) is 0 Å². The van der Waals surface area contributed by atoms with Crippen LogP contribution in [0.5, 0.6) is 0 Å². The average molecular weight is 256 g/mol. The van der Waals surface area contributed by atoms with Crippen LogP contribution in [0.25, 0.3) is 0 Å². The van der Waals surface area contributed by atoms with Crippen molar-refractivity contribution in [3.63, 3.8) is 0 Å². The number of hydrogen-bond donors (Lipinski definition) is 3. The number of nitrogens with two attached hydrogens (primary N) is 1. The molecule has 1 aromatic heterocycles. The molecule has 0 saturated heterocycles. The van der Waals surface area contributed by atoms with Crippen molar-refractivity contribution < 1.29 is 4.79 Å². The third-order valence-corrected chi connectivity index (χ3v) is 3.62. The van der Waals surface area contributed by atoms with Gasteiger partial charge in [0.2, 0.25) is 0 Å². The molecule has 0 aliphatic heterocycles. The molecule has 0 saturated carbocycles. The number of nitrogens with zero attached hydrogens (tertiary/aromatic N) is 1. The fraction of sp³-hybridized carbons (Fsp3) is 0.286. The first-order chi connectivity index (χ1) is 9.24. The molecule has 4 N–H and O–H groups in total. The maximum Gasteiger partial charge on any atom is 0.316 e. The smallest absolute Gasteiger partial charge is 0.316 e. The van der Waals surface area contributed by atoms with E-state index in [4.69, 9.17) is 5.73 Å². The highest BCUT2D eigenvalue weighted by molar-refractivity contribution is 5.88. The van der Waals surface area contributed by atoms with Crippen molar-refractivity contribution >= 4 is 11.7 Å². The molecule has 1 atom stereocenters. The van der Waals surface area contributed by atoms with E-state index in [2.05, 4.69) is 21.4 Å². The minimum Gasteiger partial charge on any atom is -0.351 e. The summed E-state index contributed by atoms with van der Waals surface area (Å²) >= 11 is 0. The Kier molecular flexibility index (Phi) is 2.95. The van der Waals surface area contributed by atoms with Gasteiger partial charge < -0.3 is 16.0 Å². The topological polar surface area (TPSA) is 83.8 Å². The molecule has 2 aromatic rings. The minimum atomic E-state index is -0.533. The van der Waals surface area contributed by atoms with Gasteiger partial charge in [-0.15, -0.1) is 0 Å². The molecule has 1 aliphatic rings. The Morgan fingerprint density at radius 1 is 1.47 bits per heavy atom. The standard InChI is InChI=1S/C14H16N4O/c15-14(19)18-10-5-4-9-2-1-3-11(12(9)6-10)13-7-16-8-17-13/h4-8,11H,1-3H2,(H,16,17)(H3,15,18,19). The number of nitrogens with one attached hydrogen (secondary N) is 2. The van der Waals surface area contributed by atoms with Gasteiger partial charge in [0.25, 0.3) is 0 Å². The molecule has 3 rings (SSSR count). The zero-order valence-electron chi connectivity index (χ0n) is 10.5. The van der Waals surface area contributed by atoms with Gasteiger partial charge in [-0.1, -0.05) is 6.07 Å². The lowest BCUT2D eigenvalue weighted by Crippen LogP contribution is -2.20. The lowest BCUT2D eigenvalue weighted by Gasteiger charge is -2.25. The van der Waals surface area contributed by atoms with E-state index < -0.39 is 6.03 Å². The minimum absolute atomic E-state index is 0.320. The highest BCUT2D eigenvalue weighted by Gasteiger charge is 2.23. The van der Waals surface area contributed by atoms with Crippen LogP contribution < -0.4 is 11.1 Å². The SMILES string of the molecule is NC(=O)Nc1ccc2c(c1)C(c1cnc[nH]1)CCC2. The number of anilines is 1. The van der Waals surface area contributed by atoms with Gasteiger partial charge in [-0.2, -0.15) is 0 Å². The summed E-state index contributed by atoms with van der Waals surface area (Å²) in [6, 6.07) is 5.46. The van der Waals surface area contributed by atoms with Crippen molar-refractivity contribution in [2.75, 3.05) is 5.32 Å². The van der Waals surface area contributed by atoms with Crippen LogP contribution in [0.3, 0.4) is 0 Å². The molecule has 5 heteroatoms. The van der Waals surface area contributed by atoms with Crippen molar-refractivity contribution in [2.45, 2.75) is 25.2 Å². The number of amides is 2. The van der Waals surface area contributed by atoms with E-state index in [1.807, 2.05) is 18.3 Å². The third kappa shape index (κ3) is 2.31. The lowest BCUT2D eigenvalue weighted by atomic mass is 9.81. The van der Waals surface area contributed by atoms with E-state index in [1.165, 1.54) is 17.5 Å². The summed E-state index contributed by atoms with van der Waals surface area (Å²) in [5.74, 6) is 0.320. The Hall–Kier alpha value is -2.30. The molecule has 2 amide bonds. The predicted octanol–water partition coefficient (Wildman–Crippen LogP) is 2.37. The number of H-pyrrole nitrogens is 1. The number of aromatic amines is 1. The summed E-state index contributed by atoms with van der Waals surface area (Å²) in [6.07, 6.45) is 6.91. The number of urea groups is 1. The first kappa shape index (κ1) is 11.8. The fourth-order valence-electron chi connectivity index (χ4n) is 2.80. The van der Waals surface area contributed by atoms with Crippen LogP contribution >= 0.6 is 0 Å². The van der Waals surface area contributed by atoms with Gasteiger partial charge in [0.1, 0.15) is 0 Å². The Balaban J connectivity index is 1.99. The first-order valence-corrected chi connectivity index (χ1v) is 6.41. The second-order valence-corrected chi connectivity index (χ2v) is 4.85. The Bertz CT molecular complexity index is 591. The first-order valence-electron chi connectivity index (χ1n) is 6.41. The van der Waals surface area contributed by atoms with Crippen LogP contribution in [0.15, 0.2) is 30.7 Å².